The van der Waals surface area contributed by atoms with E-state index in [1.165, 1.54) is 18.2 Å². The fraction of sp³-hybridized carbons (Fsp3) is 0.0588. The Hall–Kier alpha value is -2.30. The van der Waals surface area contributed by atoms with E-state index in [4.69, 9.17) is 28.3 Å². The molecule has 6 heteroatoms. The first kappa shape index (κ1) is 17.1. The number of hydrogen-bond donors (Lipinski definition) is 2. The third-order valence-electron chi connectivity index (χ3n) is 3.05. The largest absolute Gasteiger partial charge is 0.478 e. The van der Waals surface area contributed by atoms with Crippen molar-refractivity contribution in [2.24, 2.45) is 0 Å². The van der Waals surface area contributed by atoms with Crippen LogP contribution in [0.5, 0.6) is 0 Å². The molecule has 0 spiro atoms. The zero-order chi connectivity index (χ0) is 17.0. The maximum atomic E-state index is 12.2. The number of anilines is 1. The van der Waals surface area contributed by atoms with Gasteiger partial charge in [-0.05, 0) is 48.9 Å². The monoisotopic (exact) mass is 349 g/mol. The second kappa shape index (κ2) is 7.31. The van der Waals surface area contributed by atoms with Crippen LogP contribution in [0.2, 0.25) is 10.0 Å². The van der Waals surface area contributed by atoms with E-state index in [-0.39, 0.29) is 22.2 Å². The van der Waals surface area contributed by atoms with Crippen LogP contribution in [0.4, 0.5) is 5.69 Å². The van der Waals surface area contributed by atoms with Crippen LogP contribution in [0.25, 0.3) is 6.08 Å². The molecule has 118 valence electrons. The van der Waals surface area contributed by atoms with Gasteiger partial charge >= 0.3 is 5.97 Å². The molecule has 0 unspecified atom stereocenters. The number of halogens is 2. The first-order valence-electron chi connectivity index (χ1n) is 6.65. The molecule has 0 heterocycles. The van der Waals surface area contributed by atoms with Crippen molar-refractivity contribution in [2.75, 3.05) is 5.32 Å². The molecule has 2 N–H and O–H groups in total. The molecule has 23 heavy (non-hydrogen) atoms. The minimum absolute atomic E-state index is 0.0428. The van der Waals surface area contributed by atoms with Gasteiger partial charge in [-0.1, -0.05) is 35.3 Å². The van der Waals surface area contributed by atoms with Gasteiger partial charge in [0, 0.05) is 10.6 Å². The Labute approximate surface area is 143 Å². The van der Waals surface area contributed by atoms with E-state index < -0.39 is 5.97 Å². The lowest BCUT2D eigenvalue weighted by Crippen LogP contribution is -2.13. The molecule has 0 aliphatic rings. The number of rotatable bonds is 4. The Morgan fingerprint density at radius 3 is 2.52 bits per heavy atom. The van der Waals surface area contributed by atoms with Gasteiger partial charge in [0.05, 0.1) is 16.3 Å². The van der Waals surface area contributed by atoms with Crippen LogP contribution in [-0.4, -0.2) is 17.0 Å². The fourth-order valence-corrected chi connectivity index (χ4v) is 2.25. The van der Waals surface area contributed by atoms with E-state index >= 15 is 0 Å². The summed E-state index contributed by atoms with van der Waals surface area (Å²) in [4.78, 5) is 23.2. The lowest BCUT2D eigenvalue weighted by atomic mass is 10.1. The molecule has 0 bridgehead atoms. The summed E-state index contributed by atoms with van der Waals surface area (Å²) in [6.45, 7) is 1.64. The normalized spacial score (nSPS) is 11.2. The van der Waals surface area contributed by atoms with Crippen LogP contribution in [0.15, 0.2) is 48.0 Å². The molecule has 2 aromatic carbocycles. The maximum Gasteiger partial charge on any atom is 0.335 e. The number of hydrogen-bond acceptors (Lipinski definition) is 2. The average molecular weight is 350 g/mol. The maximum absolute atomic E-state index is 12.2. The minimum Gasteiger partial charge on any atom is -0.478 e. The first-order valence-corrected chi connectivity index (χ1v) is 7.40. The molecule has 4 nitrogen and oxygen atoms in total. The Bertz CT molecular complexity index is 800. The van der Waals surface area contributed by atoms with E-state index in [0.29, 0.717) is 10.6 Å². The van der Waals surface area contributed by atoms with Crippen LogP contribution in [0, 0.1) is 0 Å². The van der Waals surface area contributed by atoms with Gasteiger partial charge < -0.3 is 10.4 Å². The number of nitrogens with one attached hydrogen (secondary N) is 1. The van der Waals surface area contributed by atoms with Crippen LogP contribution < -0.4 is 5.32 Å². The van der Waals surface area contributed by atoms with Gasteiger partial charge in [0.1, 0.15) is 0 Å². The second-order valence-corrected chi connectivity index (χ2v) is 5.68. The molecule has 2 aromatic rings. The number of aromatic carboxylic acids is 1. The summed E-state index contributed by atoms with van der Waals surface area (Å²) in [6.07, 6.45) is 1.68. The average Bonchev–Trinajstić information content (AvgIpc) is 2.49. The summed E-state index contributed by atoms with van der Waals surface area (Å²) in [5, 5.41) is 12.4. The highest BCUT2D eigenvalue weighted by Crippen LogP contribution is 2.24. The number of carbonyl (C=O) groups is 2. The number of carbonyl (C=O) groups excluding carboxylic acids is 1. The molecule has 0 aliphatic heterocycles. The topological polar surface area (TPSA) is 66.4 Å². The molecule has 0 saturated heterocycles. The van der Waals surface area contributed by atoms with E-state index in [1.807, 2.05) is 6.07 Å². The van der Waals surface area contributed by atoms with Crippen molar-refractivity contribution in [3.63, 3.8) is 0 Å². The molecular weight excluding hydrogens is 337 g/mol. The highest BCUT2D eigenvalue weighted by Gasteiger charge is 2.11. The highest BCUT2D eigenvalue weighted by molar-refractivity contribution is 6.34. The minimum atomic E-state index is -1.09. The zero-order valence-corrected chi connectivity index (χ0v) is 13.7. The predicted octanol–water partition coefficient (Wildman–Crippen LogP) is 4.73. The second-order valence-electron chi connectivity index (χ2n) is 4.84. The molecule has 0 saturated carbocycles. The molecule has 0 aromatic heterocycles. The van der Waals surface area contributed by atoms with Crippen LogP contribution in [0.3, 0.4) is 0 Å². The van der Waals surface area contributed by atoms with Gasteiger partial charge in [-0.15, -0.1) is 0 Å². The Balaban J connectivity index is 2.21. The van der Waals surface area contributed by atoms with Crippen molar-refractivity contribution < 1.29 is 14.7 Å². The van der Waals surface area contributed by atoms with E-state index in [1.54, 1.807) is 31.2 Å². The number of amides is 1. The Morgan fingerprint density at radius 1 is 1.13 bits per heavy atom. The summed E-state index contributed by atoms with van der Waals surface area (Å²) in [5.74, 6) is -1.47. The summed E-state index contributed by atoms with van der Waals surface area (Å²) < 4.78 is 0. The van der Waals surface area contributed by atoms with E-state index in [9.17, 15) is 9.59 Å². The SMILES string of the molecule is CC(=Cc1cccc(Cl)c1)C(=O)Nc1cc(C(=O)O)ccc1Cl. The molecular formula is C17H13Cl2NO3. The molecule has 1 amide bonds. The van der Waals surface area contributed by atoms with Gasteiger partial charge in [-0.25, -0.2) is 4.79 Å². The quantitative estimate of drug-likeness (QED) is 0.783. The number of carboxylic acids is 1. The van der Waals surface area contributed by atoms with E-state index in [0.717, 1.165) is 5.56 Å². The molecule has 0 fully saturated rings. The van der Waals surface area contributed by atoms with Gasteiger partial charge in [-0.2, -0.15) is 0 Å². The van der Waals surface area contributed by atoms with Gasteiger partial charge in [0.25, 0.3) is 5.91 Å². The predicted molar refractivity (Wildman–Crippen MR) is 92.1 cm³/mol. The van der Waals surface area contributed by atoms with Crippen molar-refractivity contribution in [3.05, 3.63) is 69.2 Å². The third kappa shape index (κ3) is 4.58. The van der Waals surface area contributed by atoms with Crippen LogP contribution in [-0.2, 0) is 4.79 Å². The summed E-state index contributed by atoms with van der Waals surface area (Å²) in [5.41, 5.74) is 1.51. The number of carboxylic acid groups (broad SMARTS) is 1. The lowest BCUT2D eigenvalue weighted by molar-refractivity contribution is -0.112. The molecule has 0 radical (unpaired) electrons. The third-order valence-corrected chi connectivity index (χ3v) is 3.62. The standard InChI is InChI=1S/C17H13Cl2NO3/c1-10(7-11-3-2-4-13(18)8-11)16(21)20-15-9-12(17(22)23)5-6-14(15)19/h2-9H,1H3,(H,20,21)(H,22,23). The first-order chi connectivity index (χ1) is 10.9. The van der Waals surface area contributed by atoms with Crippen molar-refractivity contribution in [2.45, 2.75) is 6.92 Å². The van der Waals surface area contributed by atoms with Gasteiger partial charge in [-0.3, -0.25) is 4.79 Å². The lowest BCUT2D eigenvalue weighted by Gasteiger charge is -2.08. The summed E-state index contributed by atoms with van der Waals surface area (Å²) >= 11 is 11.9. The molecule has 0 atom stereocenters. The zero-order valence-electron chi connectivity index (χ0n) is 12.1. The van der Waals surface area contributed by atoms with Gasteiger partial charge in [0.15, 0.2) is 0 Å². The molecule has 2 rings (SSSR count). The van der Waals surface area contributed by atoms with Crippen molar-refractivity contribution in [1.82, 2.24) is 0 Å². The van der Waals surface area contributed by atoms with Crippen molar-refractivity contribution in [1.29, 1.82) is 0 Å². The summed E-state index contributed by atoms with van der Waals surface area (Å²) in [6, 6.07) is 11.2. The van der Waals surface area contributed by atoms with Crippen LogP contribution >= 0.6 is 23.2 Å². The fourth-order valence-electron chi connectivity index (χ4n) is 1.89. The van der Waals surface area contributed by atoms with Crippen LogP contribution in [0.1, 0.15) is 22.8 Å². The Kier molecular flexibility index (Phi) is 5.42. The summed E-state index contributed by atoms with van der Waals surface area (Å²) in [7, 11) is 0. The van der Waals surface area contributed by atoms with Crippen molar-refractivity contribution >= 4 is 46.8 Å². The Morgan fingerprint density at radius 2 is 1.87 bits per heavy atom. The number of benzene rings is 2. The molecule has 0 aliphatic carbocycles. The van der Waals surface area contributed by atoms with E-state index in [2.05, 4.69) is 5.32 Å². The highest BCUT2D eigenvalue weighted by atomic mass is 35.5. The van der Waals surface area contributed by atoms with Crippen molar-refractivity contribution in [3.8, 4) is 0 Å². The smallest absolute Gasteiger partial charge is 0.335 e. The van der Waals surface area contributed by atoms with Gasteiger partial charge in [0.2, 0.25) is 0 Å².